The molecule has 2 rings (SSSR count). The van der Waals surface area contributed by atoms with Crippen LogP contribution in [0.15, 0.2) is 24.4 Å². The highest BCUT2D eigenvalue weighted by atomic mass is 16.5. The molecule has 0 aliphatic carbocycles. The van der Waals surface area contributed by atoms with Crippen molar-refractivity contribution in [3.8, 4) is 5.75 Å². The van der Waals surface area contributed by atoms with Gasteiger partial charge >= 0.3 is 0 Å². The molecule has 0 N–H and O–H groups in total. The molecule has 0 unspecified atom stereocenters. The van der Waals surface area contributed by atoms with Crippen LogP contribution in [-0.2, 0) is 13.5 Å². The SMILES string of the molecule is CCCc1cn(C)c2ccc(OC)cc12. The van der Waals surface area contributed by atoms with Crippen molar-refractivity contribution in [2.75, 3.05) is 7.11 Å². The topological polar surface area (TPSA) is 14.2 Å². The summed E-state index contributed by atoms with van der Waals surface area (Å²) in [5, 5.41) is 1.32. The Hall–Kier alpha value is -1.44. The molecule has 1 aromatic carbocycles. The van der Waals surface area contributed by atoms with E-state index in [1.807, 2.05) is 6.07 Å². The molecule has 2 heteroatoms. The Bertz CT molecular complexity index is 471. The lowest BCUT2D eigenvalue weighted by Gasteiger charge is -2.01. The van der Waals surface area contributed by atoms with Gasteiger partial charge in [-0.3, -0.25) is 0 Å². The van der Waals surface area contributed by atoms with Crippen LogP contribution in [0.2, 0.25) is 0 Å². The summed E-state index contributed by atoms with van der Waals surface area (Å²) in [5.74, 6) is 0.936. The summed E-state index contributed by atoms with van der Waals surface area (Å²) in [7, 11) is 3.80. The Balaban J connectivity index is 2.60. The molecular weight excluding hydrogens is 186 g/mol. The van der Waals surface area contributed by atoms with Gasteiger partial charge in [-0.25, -0.2) is 0 Å². The summed E-state index contributed by atoms with van der Waals surface area (Å²) in [4.78, 5) is 0. The molecule has 1 aromatic heterocycles. The van der Waals surface area contributed by atoms with Gasteiger partial charge in [0.05, 0.1) is 7.11 Å². The van der Waals surface area contributed by atoms with Crippen molar-refractivity contribution in [2.24, 2.45) is 7.05 Å². The number of fused-ring (bicyclic) bond motifs is 1. The first-order chi connectivity index (χ1) is 7.26. The summed E-state index contributed by atoms with van der Waals surface area (Å²) in [5.41, 5.74) is 2.69. The van der Waals surface area contributed by atoms with Crippen LogP contribution < -0.4 is 4.74 Å². The van der Waals surface area contributed by atoms with Gasteiger partial charge < -0.3 is 9.30 Å². The first-order valence-corrected chi connectivity index (χ1v) is 5.38. The molecule has 0 amide bonds. The number of hydrogen-bond donors (Lipinski definition) is 0. The molecule has 0 saturated carbocycles. The third-order valence-corrected chi connectivity index (χ3v) is 2.80. The molecular formula is C13H17NO. The van der Waals surface area contributed by atoms with Crippen molar-refractivity contribution in [2.45, 2.75) is 19.8 Å². The molecule has 0 aliphatic rings. The molecule has 1 heterocycles. The van der Waals surface area contributed by atoms with Gasteiger partial charge in [-0.2, -0.15) is 0 Å². The van der Waals surface area contributed by atoms with E-state index in [2.05, 4.69) is 36.9 Å². The number of methoxy groups -OCH3 is 1. The lowest BCUT2D eigenvalue weighted by molar-refractivity contribution is 0.415. The molecule has 0 radical (unpaired) electrons. The van der Waals surface area contributed by atoms with Crippen molar-refractivity contribution >= 4 is 10.9 Å². The Kier molecular flexibility index (Phi) is 2.67. The zero-order valence-corrected chi connectivity index (χ0v) is 9.58. The van der Waals surface area contributed by atoms with Crippen LogP contribution in [0.25, 0.3) is 10.9 Å². The Morgan fingerprint density at radius 3 is 2.80 bits per heavy atom. The van der Waals surface area contributed by atoms with Crippen LogP contribution in [0.4, 0.5) is 0 Å². The zero-order valence-electron chi connectivity index (χ0n) is 9.58. The third-order valence-electron chi connectivity index (χ3n) is 2.80. The minimum absolute atomic E-state index is 0.936. The molecule has 0 spiro atoms. The van der Waals surface area contributed by atoms with Crippen molar-refractivity contribution < 1.29 is 4.74 Å². The molecule has 2 nitrogen and oxygen atoms in total. The van der Waals surface area contributed by atoms with Gasteiger partial charge in [-0.05, 0) is 30.2 Å². The normalized spacial score (nSPS) is 10.9. The fraction of sp³-hybridized carbons (Fsp3) is 0.385. The fourth-order valence-corrected chi connectivity index (χ4v) is 2.05. The maximum atomic E-state index is 5.26. The predicted octanol–water partition coefficient (Wildman–Crippen LogP) is 3.14. The summed E-state index contributed by atoms with van der Waals surface area (Å²) < 4.78 is 7.44. The third kappa shape index (κ3) is 1.72. The number of aromatic nitrogens is 1. The Morgan fingerprint density at radius 2 is 2.13 bits per heavy atom. The summed E-state index contributed by atoms with van der Waals surface area (Å²) in [6.45, 7) is 2.21. The quantitative estimate of drug-likeness (QED) is 0.747. The Morgan fingerprint density at radius 1 is 1.33 bits per heavy atom. The van der Waals surface area contributed by atoms with Gasteiger partial charge in [0.15, 0.2) is 0 Å². The largest absolute Gasteiger partial charge is 0.497 e. The second-order valence-electron chi connectivity index (χ2n) is 3.90. The molecule has 0 bridgehead atoms. The van der Waals surface area contributed by atoms with Gasteiger partial charge in [0.1, 0.15) is 5.75 Å². The first kappa shape index (κ1) is 10.1. The minimum atomic E-state index is 0.936. The maximum Gasteiger partial charge on any atom is 0.119 e. The molecule has 80 valence electrons. The smallest absolute Gasteiger partial charge is 0.119 e. The average molecular weight is 203 g/mol. The zero-order chi connectivity index (χ0) is 10.8. The number of aryl methyl sites for hydroxylation is 2. The highest BCUT2D eigenvalue weighted by Crippen LogP contribution is 2.26. The second kappa shape index (κ2) is 3.97. The van der Waals surface area contributed by atoms with Crippen LogP contribution >= 0.6 is 0 Å². The molecule has 15 heavy (non-hydrogen) atoms. The van der Waals surface area contributed by atoms with Gasteiger partial charge in [0.2, 0.25) is 0 Å². The van der Waals surface area contributed by atoms with E-state index in [9.17, 15) is 0 Å². The van der Waals surface area contributed by atoms with Crippen molar-refractivity contribution in [3.05, 3.63) is 30.0 Å². The van der Waals surface area contributed by atoms with Crippen LogP contribution in [0.5, 0.6) is 5.75 Å². The first-order valence-electron chi connectivity index (χ1n) is 5.38. The number of nitrogens with zero attached hydrogens (tertiary/aromatic N) is 1. The standard InChI is InChI=1S/C13H17NO/c1-4-5-10-9-14(2)13-7-6-11(15-3)8-12(10)13/h6-9H,4-5H2,1-3H3. The van der Waals surface area contributed by atoms with Crippen LogP contribution in [0.3, 0.4) is 0 Å². The number of ether oxygens (including phenoxy) is 1. The van der Waals surface area contributed by atoms with Gasteiger partial charge in [-0.15, -0.1) is 0 Å². The number of benzene rings is 1. The van der Waals surface area contributed by atoms with E-state index in [0.717, 1.165) is 12.2 Å². The molecule has 0 fully saturated rings. The van der Waals surface area contributed by atoms with Crippen LogP contribution in [0.1, 0.15) is 18.9 Å². The molecule has 0 atom stereocenters. The van der Waals surface area contributed by atoms with Gasteiger partial charge in [-0.1, -0.05) is 13.3 Å². The highest BCUT2D eigenvalue weighted by molar-refractivity contribution is 5.85. The van der Waals surface area contributed by atoms with Crippen molar-refractivity contribution in [1.82, 2.24) is 4.57 Å². The maximum absolute atomic E-state index is 5.26. The lowest BCUT2D eigenvalue weighted by atomic mass is 10.1. The Labute approximate surface area is 90.5 Å². The average Bonchev–Trinajstić information content (AvgIpc) is 2.56. The van der Waals surface area contributed by atoms with E-state index < -0.39 is 0 Å². The summed E-state index contributed by atoms with van der Waals surface area (Å²) >= 11 is 0. The number of hydrogen-bond acceptors (Lipinski definition) is 1. The van der Waals surface area contributed by atoms with Gasteiger partial charge in [0, 0.05) is 24.1 Å². The molecule has 0 aliphatic heterocycles. The monoisotopic (exact) mass is 203 g/mol. The van der Waals surface area contributed by atoms with E-state index in [1.165, 1.54) is 22.9 Å². The van der Waals surface area contributed by atoms with Gasteiger partial charge in [0.25, 0.3) is 0 Å². The second-order valence-corrected chi connectivity index (χ2v) is 3.90. The highest BCUT2D eigenvalue weighted by Gasteiger charge is 2.06. The molecule has 2 aromatic rings. The minimum Gasteiger partial charge on any atom is -0.497 e. The predicted molar refractivity (Wildman–Crippen MR) is 63.5 cm³/mol. The summed E-state index contributed by atoms with van der Waals surface area (Å²) in [6.07, 6.45) is 4.52. The van der Waals surface area contributed by atoms with Crippen molar-refractivity contribution in [1.29, 1.82) is 0 Å². The number of rotatable bonds is 3. The fourth-order valence-electron chi connectivity index (χ4n) is 2.05. The van der Waals surface area contributed by atoms with Crippen LogP contribution in [0, 0.1) is 0 Å². The van der Waals surface area contributed by atoms with E-state index in [-0.39, 0.29) is 0 Å². The molecule has 0 saturated heterocycles. The summed E-state index contributed by atoms with van der Waals surface area (Å²) in [6, 6.07) is 6.26. The van der Waals surface area contributed by atoms with E-state index >= 15 is 0 Å². The van der Waals surface area contributed by atoms with E-state index in [0.29, 0.717) is 0 Å². The van der Waals surface area contributed by atoms with E-state index in [4.69, 9.17) is 4.74 Å². The van der Waals surface area contributed by atoms with E-state index in [1.54, 1.807) is 7.11 Å². The van der Waals surface area contributed by atoms with Crippen LogP contribution in [-0.4, -0.2) is 11.7 Å². The van der Waals surface area contributed by atoms with Crippen molar-refractivity contribution in [3.63, 3.8) is 0 Å². The lowest BCUT2D eigenvalue weighted by Crippen LogP contribution is -1.85.